The summed E-state index contributed by atoms with van der Waals surface area (Å²) in [5.74, 6) is 0. The molecule has 0 aliphatic rings. The number of rotatable bonds is 5. The molecule has 0 saturated heterocycles. The van der Waals surface area contributed by atoms with Crippen molar-refractivity contribution in [3.05, 3.63) is 34.9 Å². The van der Waals surface area contributed by atoms with Crippen LogP contribution in [0.25, 0.3) is 0 Å². The van der Waals surface area contributed by atoms with E-state index in [1.807, 2.05) is 0 Å². The summed E-state index contributed by atoms with van der Waals surface area (Å²) in [6.45, 7) is 13.9. The van der Waals surface area contributed by atoms with Gasteiger partial charge in [0.05, 0.1) is 0 Å². The van der Waals surface area contributed by atoms with Crippen LogP contribution in [-0.2, 0) is 6.54 Å². The first-order valence-corrected chi connectivity index (χ1v) is 6.40. The van der Waals surface area contributed by atoms with Crippen LogP contribution in [0.2, 0.25) is 0 Å². The summed E-state index contributed by atoms with van der Waals surface area (Å²) >= 11 is 0. The fourth-order valence-electron chi connectivity index (χ4n) is 1.79. The van der Waals surface area contributed by atoms with E-state index in [0.29, 0.717) is 0 Å². The summed E-state index contributed by atoms with van der Waals surface area (Å²) in [6.07, 6.45) is 0. The maximum atomic E-state index is 3.47. The van der Waals surface area contributed by atoms with Gasteiger partial charge in [0.25, 0.3) is 0 Å². The van der Waals surface area contributed by atoms with Crippen LogP contribution in [0.4, 0.5) is 0 Å². The molecule has 0 fully saturated rings. The van der Waals surface area contributed by atoms with Crippen LogP contribution >= 0.6 is 0 Å². The van der Waals surface area contributed by atoms with Crippen LogP contribution in [-0.4, -0.2) is 18.6 Å². The Labute approximate surface area is 106 Å². The average Bonchev–Trinajstić information content (AvgIpc) is 2.18. The quantitative estimate of drug-likeness (QED) is 0.766. The van der Waals surface area contributed by atoms with Crippen molar-refractivity contribution in [1.82, 2.24) is 10.6 Å². The molecule has 17 heavy (non-hydrogen) atoms. The van der Waals surface area contributed by atoms with Crippen molar-refractivity contribution in [3.63, 3.8) is 0 Å². The molecule has 0 radical (unpaired) electrons. The molecule has 0 amide bonds. The molecule has 0 spiro atoms. The smallest absolute Gasteiger partial charge is 0.0208 e. The molecule has 96 valence electrons. The van der Waals surface area contributed by atoms with Gasteiger partial charge in [0.15, 0.2) is 0 Å². The van der Waals surface area contributed by atoms with Crippen LogP contribution < -0.4 is 10.6 Å². The zero-order valence-corrected chi connectivity index (χ0v) is 11.9. The number of aryl methyl sites for hydroxylation is 2. The molecule has 0 atom stereocenters. The van der Waals surface area contributed by atoms with Crippen molar-refractivity contribution in [2.45, 2.75) is 46.7 Å². The molecule has 1 aromatic rings. The summed E-state index contributed by atoms with van der Waals surface area (Å²) in [4.78, 5) is 0. The number of hydrogen-bond donors (Lipinski definition) is 2. The van der Waals surface area contributed by atoms with Gasteiger partial charge in [-0.25, -0.2) is 0 Å². The van der Waals surface area contributed by atoms with E-state index in [4.69, 9.17) is 0 Å². The molecular weight excluding hydrogens is 208 g/mol. The third kappa shape index (κ3) is 5.85. The van der Waals surface area contributed by atoms with Gasteiger partial charge in [0, 0.05) is 25.2 Å². The van der Waals surface area contributed by atoms with E-state index < -0.39 is 0 Å². The third-order valence-corrected chi connectivity index (χ3v) is 2.77. The molecule has 1 aromatic carbocycles. The van der Waals surface area contributed by atoms with Gasteiger partial charge in [-0.15, -0.1) is 0 Å². The minimum atomic E-state index is 0.210. The highest BCUT2D eigenvalue weighted by Gasteiger charge is 2.06. The molecule has 2 N–H and O–H groups in total. The van der Waals surface area contributed by atoms with Crippen molar-refractivity contribution in [2.75, 3.05) is 13.1 Å². The fraction of sp³-hybridized carbons (Fsp3) is 0.600. The Morgan fingerprint density at radius 2 is 1.76 bits per heavy atom. The molecule has 0 unspecified atom stereocenters. The second-order valence-electron chi connectivity index (χ2n) is 5.78. The first-order chi connectivity index (χ1) is 7.88. The van der Waals surface area contributed by atoms with Crippen molar-refractivity contribution in [2.24, 2.45) is 0 Å². The monoisotopic (exact) mass is 234 g/mol. The maximum absolute atomic E-state index is 3.47. The largest absolute Gasteiger partial charge is 0.311 e. The zero-order valence-electron chi connectivity index (χ0n) is 11.9. The van der Waals surface area contributed by atoms with Gasteiger partial charge in [-0.3, -0.25) is 0 Å². The molecule has 0 heterocycles. The summed E-state index contributed by atoms with van der Waals surface area (Å²) in [5.41, 5.74) is 4.31. The Kier molecular flexibility index (Phi) is 5.16. The highest BCUT2D eigenvalue weighted by atomic mass is 15.0. The van der Waals surface area contributed by atoms with Crippen molar-refractivity contribution in [1.29, 1.82) is 0 Å². The summed E-state index contributed by atoms with van der Waals surface area (Å²) in [5, 5.41) is 6.94. The lowest BCUT2D eigenvalue weighted by atomic mass is 10.1. The van der Waals surface area contributed by atoms with Crippen molar-refractivity contribution < 1.29 is 0 Å². The zero-order chi connectivity index (χ0) is 12.9. The number of hydrogen-bond acceptors (Lipinski definition) is 2. The highest BCUT2D eigenvalue weighted by molar-refractivity contribution is 5.30. The summed E-state index contributed by atoms with van der Waals surface area (Å²) in [6, 6.07) is 6.64. The normalized spacial score (nSPS) is 11.8. The average molecular weight is 234 g/mol. The lowest BCUT2D eigenvalue weighted by Gasteiger charge is -2.20. The van der Waals surface area contributed by atoms with Crippen molar-refractivity contribution >= 4 is 0 Å². The van der Waals surface area contributed by atoms with Crippen LogP contribution in [0.15, 0.2) is 18.2 Å². The molecular formula is C15H26N2. The number of benzene rings is 1. The predicted molar refractivity (Wildman–Crippen MR) is 75.4 cm³/mol. The molecule has 0 aliphatic heterocycles. The van der Waals surface area contributed by atoms with Gasteiger partial charge in [0.1, 0.15) is 0 Å². The molecule has 0 bridgehead atoms. The third-order valence-electron chi connectivity index (χ3n) is 2.77. The van der Waals surface area contributed by atoms with Gasteiger partial charge in [-0.1, -0.05) is 23.8 Å². The molecule has 0 aromatic heterocycles. The van der Waals surface area contributed by atoms with Gasteiger partial charge in [0.2, 0.25) is 0 Å². The lowest BCUT2D eigenvalue weighted by molar-refractivity contribution is 0.421. The Hall–Kier alpha value is -0.860. The Morgan fingerprint density at radius 3 is 2.35 bits per heavy atom. The van der Waals surface area contributed by atoms with Crippen LogP contribution in [0, 0.1) is 13.8 Å². The maximum Gasteiger partial charge on any atom is 0.0208 e. The van der Waals surface area contributed by atoms with Crippen LogP contribution in [0.3, 0.4) is 0 Å². The van der Waals surface area contributed by atoms with Crippen LogP contribution in [0.1, 0.15) is 37.5 Å². The van der Waals surface area contributed by atoms with Crippen LogP contribution in [0.5, 0.6) is 0 Å². The Balaban J connectivity index is 2.27. The van der Waals surface area contributed by atoms with Gasteiger partial charge in [-0.05, 0) is 45.7 Å². The fourth-order valence-corrected chi connectivity index (χ4v) is 1.79. The van der Waals surface area contributed by atoms with E-state index in [1.54, 1.807) is 0 Å². The Bertz CT molecular complexity index is 350. The van der Waals surface area contributed by atoms with Gasteiger partial charge < -0.3 is 10.6 Å². The standard InChI is InChI=1S/C15H26N2/c1-12-6-7-14(13(2)10-12)11-16-8-9-17-15(3,4)5/h6-7,10,16-17H,8-9,11H2,1-5H3. The molecule has 0 saturated carbocycles. The van der Waals surface area contributed by atoms with E-state index >= 15 is 0 Å². The molecule has 2 heteroatoms. The molecule has 1 rings (SSSR count). The highest BCUT2D eigenvalue weighted by Crippen LogP contribution is 2.09. The first kappa shape index (κ1) is 14.2. The van der Waals surface area contributed by atoms with E-state index in [0.717, 1.165) is 19.6 Å². The SMILES string of the molecule is Cc1ccc(CNCCNC(C)(C)C)c(C)c1. The van der Waals surface area contributed by atoms with E-state index in [9.17, 15) is 0 Å². The topological polar surface area (TPSA) is 24.1 Å². The lowest BCUT2D eigenvalue weighted by Crippen LogP contribution is -2.40. The minimum Gasteiger partial charge on any atom is -0.311 e. The molecule has 2 nitrogen and oxygen atoms in total. The van der Waals surface area contributed by atoms with E-state index in [2.05, 4.69) is 63.5 Å². The Morgan fingerprint density at radius 1 is 1.06 bits per heavy atom. The molecule has 0 aliphatic carbocycles. The second-order valence-corrected chi connectivity index (χ2v) is 5.78. The predicted octanol–water partition coefficient (Wildman–Crippen LogP) is 2.78. The van der Waals surface area contributed by atoms with Gasteiger partial charge in [-0.2, -0.15) is 0 Å². The number of nitrogens with one attached hydrogen (secondary N) is 2. The van der Waals surface area contributed by atoms with E-state index in [-0.39, 0.29) is 5.54 Å². The summed E-state index contributed by atoms with van der Waals surface area (Å²) in [7, 11) is 0. The second kappa shape index (κ2) is 6.18. The van der Waals surface area contributed by atoms with E-state index in [1.165, 1.54) is 16.7 Å². The van der Waals surface area contributed by atoms with Crippen molar-refractivity contribution in [3.8, 4) is 0 Å². The van der Waals surface area contributed by atoms with Gasteiger partial charge >= 0.3 is 0 Å². The minimum absolute atomic E-state index is 0.210. The first-order valence-electron chi connectivity index (χ1n) is 6.40. The summed E-state index contributed by atoms with van der Waals surface area (Å²) < 4.78 is 0.